The highest BCUT2D eigenvalue weighted by Gasteiger charge is 2.18. The molecule has 29 heavy (non-hydrogen) atoms. The Labute approximate surface area is 168 Å². The number of benzene rings is 1. The van der Waals surface area contributed by atoms with Crippen molar-refractivity contribution in [1.82, 2.24) is 20.1 Å². The zero-order chi connectivity index (χ0) is 21.0. The monoisotopic (exact) mass is 392 g/mol. The molecule has 0 atom stereocenters. The summed E-state index contributed by atoms with van der Waals surface area (Å²) in [5.41, 5.74) is 3.14. The highest BCUT2D eigenvalue weighted by molar-refractivity contribution is 6.14. The van der Waals surface area contributed by atoms with Crippen molar-refractivity contribution in [3.8, 4) is 11.9 Å². The third kappa shape index (κ3) is 4.29. The average Bonchev–Trinajstić information content (AvgIpc) is 3.29. The number of carbonyl (C=O) groups is 1. The lowest BCUT2D eigenvalue weighted by Crippen LogP contribution is -2.24. The zero-order valence-corrected chi connectivity index (χ0v) is 16.7. The van der Waals surface area contributed by atoms with Crippen molar-refractivity contribution in [2.45, 2.75) is 39.7 Å². The van der Waals surface area contributed by atoms with Crippen molar-refractivity contribution in [3.63, 3.8) is 0 Å². The van der Waals surface area contributed by atoms with Gasteiger partial charge in [0.25, 0.3) is 5.91 Å². The number of rotatable bonds is 7. The average molecular weight is 392 g/mol. The van der Waals surface area contributed by atoms with E-state index in [0.717, 1.165) is 0 Å². The van der Waals surface area contributed by atoms with E-state index in [2.05, 4.69) is 20.4 Å². The second-order valence-electron chi connectivity index (χ2n) is 6.96. The Bertz CT molecular complexity index is 1100. The maximum atomic E-state index is 12.3. The predicted octanol–water partition coefficient (Wildman–Crippen LogP) is 3.83. The van der Waals surface area contributed by atoms with E-state index in [-0.39, 0.29) is 24.2 Å². The first kappa shape index (κ1) is 20.1. The smallest absolute Gasteiger partial charge is 0.251 e. The summed E-state index contributed by atoms with van der Waals surface area (Å²) in [6, 6.07) is 7.38. The molecule has 0 spiro atoms. The number of aliphatic imine (C=N–C) groups is 1. The number of fused-ring (bicyclic) bond motifs is 1. The molecule has 0 saturated heterocycles. The lowest BCUT2D eigenvalue weighted by Gasteiger charge is -2.06. The van der Waals surface area contributed by atoms with E-state index in [9.17, 15) is 9.90 Å². The van der Waals surface area contributed by atoms with Gasteiger partial charge in [-0.1, -0.05) is 6.92 Å². The van der Waals surface area contributed by atoms with Gasteiger partial charge in [0, 0.05) is 29.1 Å². The third-order valence-corrected chi connectivity index (χ3v) is 4.57. The van der Waals surface area contributed by atoms with Crippen molar-refractivity contribution in [2.75, 3.05) is 6.54 Å². The molecule has 2 aromatic heterocycles. The molecule has 8 heteroatoms. The Morgan fingerprint density at radius 1 is 1.45 bits per heavy atom. The molecule has 0 unspecified atom stereocenters. The van der Waals surface area contributed by atoms with E-state index in [1.54, 1.807) is 24.4 Å². The molecule has 0 radical (unpaired) electrons. The molecule has 0 saturated carbocycles. The van der Waals surface area contributed by atoms with Crippen molar-refractivity contribution in [1.29, 1.82) is 5.26 Å². The second kappa shape index (κ2) is 8.61. The molecule has 1 aromatic carbocycles. The molecule has 0 fully saturated rings. The molecular weight excluding hydrogens is 368 g/mol. The minimum atomic E-state index is -0.262. The van der Waals surface area contributed by atoms with Gasteiger partial charge in [0.05, 0.1) is 36.2 Å². The third-order valence-electron chi connectivity index (χ3n) is 4.57. The number of aromatic nitrogens is 3. The highest BCUT2D eigenvalue weighted by Crippen LogP contribution is 2.31. The van der Waals surface area contributed by atoms with Crippen LogP contribution < -0.4 is 5.32 Å². The highest BCUT2D eigenvalue weighted by atomic mass is 16.3. The molecule has 3 N–H and O–H groups in total. The van der Waals surface area contributed by atoms with Crippen molar-refractivity contribution >= 4 is 28.2 Å². The number of nitrogens with one attached hydrogen (secondary N) is 2. The molecule has 0 aliphatic heterocycles. The number of amides is 1. The van der Waals surface area contributed by atoms with Crippen molar-refractivity contribution < 1.29 is 9.90 Å². The van der Waals surface area contributed by atoms with Gasteiger partial charge in [-0.25, -0.2) is 4.99 Å². The van der Waals surface area contributed by atoms with E-state index in [0.29, 0.717) is 46.4 Å². The van der Waals surface area contributed by atoms with Crippen LogP contribution in [0.5, 0.6) is 5.88 Å². The number of nitriles is 1. The van der Waals surface area contributed by atoms with Gasteiger partial charge >= 0.3 is 0 Å². The number of H-pyrrole nitrogens is 1. The standard InChI is InChI=1S/C21H24N6O2/c1-4-17(25-15-11-24-27(12-15)13(2)3)19-16-10-14(20(28)23-9-5-8-22)6-7-18(16)26-21(19)29/h6-7,10-13,26,29H,4-5,9H2,1-3H3,(H,23,28). The SMILES string of the molecule is CCC(=Nc1cnn(C(C)C)c1)c1c(O)[nH]c2ccc(C(=O)NCCC#N)cc12. The number of hydrogen-bond acceptors (Lipinski definition) is 5. The molecule has 150 valence electrons. The lowest BCUT2D eigenvalue weighted by molar-refractivity contribution is 0.0954. The number of carbonyl (C=O) groups excluding carboxylic acids is 1. The number of hydrogen-bond donors (Lipinski definition) is 3. The number of nitrogens with zero attached hydrogens (tertiary/aromatic N) is 4. The summed E-state index contributed by atoms with van der Waals surface area (Å²) in [5, 5.41) is 26.9. The van der Waals surface area contributed by atoms with Crippen LogP contribution in [0.3, 0.4) is 0 Å². The van der Waals surface area contributed by atoms with Crippen LogP contribution in [0.25, 0.3) is 10.9 Å². The summed E-state index contributed by atoms with van der Waals surface area (Å²) >= 11 is 0. The topological polar surface area (TPSA) is 119 Å². The van der Waals surface area contributed by atoms with Crippen LogP contribution in [0.15, 0.2) is 35.6 Å². The van der Waals surface area contributed by atoms with E-state index in [1.807, 2.05) is 37.7 Å². The first-order valence-electron chi connectivity index (χ1n) is 9.56. The molecule has 3 rings (SSSR count). The van der Waals surface area contributed by atoms with Gasteiger partial charge in [0.15, 0.2) is 5.88 Å². The minimum Gasteiger partial charge on any atom is -0.494 e. The van der Waals surface area contributed by atoms with Gasteiger partial charge in [-0.2, -0.15) is 10.4 Å². The van der Waals surface area contributed by atoms with E-state index >= 15 is 0 Å². The molecule has 0 bridgehead atoms. The Hall–Kier alpha value is -3.60. The Balaban J connectivity index is 2.01. The molecule has 0 aliphatic carbocycles. The largest absolute Gasteiger partial charge is 0.494 e. The minimum absolute atomic E-state index is 0.0129. The summed E-state index contributed by atoms with van der Waals surface area (Å²) in [5.74, 6) is -0.249. The number of aromatic amines is 1. The van der Waals surface area contributed by atoms with Crippen LogP contribution in [0.2, 0.25) is 0 Å². The van der Waals surface area contributed by atoms with Crippen LogP contribution in [0.1, 0.15) is 55.6 Å². The van der Waals surface area contributed by atoms with E-state index in [4.69, 9.17) is 5.26 Å². The summed E-state index contributed by atoms with van der Waals surface area (Å²) in [6.07, 6.45) is 4.39. The van der Waals surface area contributed by atoms with Gasteiger partial charge in [0.2, 0.25) is 0 Å². The summed E-state index contributed by atoms with van der Waals surface area (Å²) < 4.78 is 1.82. The van der Waals surface area contributed by atoms with Crippen LogP contribution in [0, 0.1) is 11.3 Å². The van der Waals surface area contributed by atoms with Gasteiger partial charge in [-0.15, -0.1) is 0 Å². The first-order chi connectivity index (χ1) is 13.9. The molecule has 0 aliphatic rings. The fourth-order valence-corrected chi connectivity index (χ4v) is 3.08. The van der Waals surface area contributed by atoms with Crippen molar-refractivity contribution in [3.05, 3.63) is 41.7 Å². The predicted molar refractivity (Wildman–Crippen MR) is 112 cm³/mol. The number of aromatic hydroxyl groups is 1. The maximum absolute atomic E-state index is 12.3. The molecule has 3 aromatic rings. The molecular formula is C21H24N6O2. The molecule has 8 nitrogen and oxygen atoms in total. The van der Waals surface area contributed by atoms with Crippen LogP contribution in [-0.2, 0) is 0 Å². The van der Waals surface area contributed by atoms with Gasteiger partial charge in [0.1, 0.15) is 5.69 Å². The fraction of sp³-hybridized carbons (Fsp3) is 0.333. The second-order valence-corrected chi connectivity index (χ2v) is 6.96. The summed E-state index contributed by atoms with van der Waals surface area (Å²) in [7, 11) is 0. The van der Waals surface area contributed by atoms with Crippen LogP contribution in [0.4, 0.5) is 5.69 Å². The van der Waals surface area contributed by atoms with Gasteiger partial charge < -0.3 is 15.4 Å². The van der Waals surface area contributed by atoms with Gasteiger partial charge in [-0.05, 0) is 38.5 Å². The zero-order valence-electron chi connectivity index (χ0n) is 16.7. The summed E-state index contributed by atoms with van der Waals surface area (Å²) in [4.78, 5) is 20.0. The maximum Gasteiger partial charge on any atom is 0.251 e. The normalized spacial score (nSPS) is 11.8. The summed E-state index contributed by atoms with van der Waals surface area (Å²) in [6.45, 7) is 6.33. The van der Waals surface area contributed by atoms with Crippen molar-refractivity contribution in [2.24, 2.45) is 4.99 Å². The fourth-order valence-electron chi connectivity index (χ4n) is 3.08. The quantitative estimate of drug-likeness (QED) is 0.418. The Morgan fingerprint density at radius 3 is 2.90 bits per heavy atom. The molecule has 1 amide bonds. The first-order valence-corrected chi connectivity index (χ1v) is 9.56. The van der Waals surface area contributed by atoms with E-state index < -0.39 is 0 Å². The van der Waals surface area contributed by atoms with Crippen LogP contribution in [-0.4, -0.2) is 38.0 Å². The Morgan fingerprint density at radius 2 is 2.24 bits per heavy atom. The lowest BCUT2D eigenvalue weighted by atomic mass is 10.0. The van der Waals surface area contributed by atoms with Crippen LogP contribution >= 0.6 is 0 Å². The van der Waals surface area contributed by atoms with E-state index in [1.165, 1.54) is 0 Å². The molecule has 2 heterocycles. The Kier molecular flexibility index (Phi) is 5.98. The van der Waals surface area contributed by atoms with Gasteiger partial charge in [-0.3, -0.25) is 9.48 Å².